The fourth-order valence-electron chi connectivity index (χ4n) is 1.73. The summed E-state index contributed by atoms with van der Waals surface area (Å²) in [5, 5.41) is 1.03. The van der Waals surface area contributed by atoms with Crippen molar-refractivity contribution < 1.29 is 4.74 Å². The number of fused-ring (bicyclic) bond motifs is 1. The number of nitrogens with two attached hydrogens (primary N) is 1. The Balaban J connectivity index is 1.95. The predicted octanol–water partition coefficient (Wildman–Crippen LogP) is 3.00. The van der Waals surface area contributed by atoms with Crippen LogP contribution in [0.15, 0.2) is 54.7 Å². The largest absolute Gasteiger partial charge is 0.439 e. The number of hydrogen-bond donors (Lipinski definition) is 1. The average Bonchev–Trinajstić information content (AvgIpc) is 2.39. The summed E-state index contributed by atoms with van der Waals surface area (Å²) >= 11 is 0. The average molecular weight is 237 g/mol. The lowest BCUT2D eigenvalue weighted by Crippen LogP contribution is -1.92. The zero-order valence-corrected chi connectivity index (χ0v) is 9.58. The van der Waals surface area contributed by atoms with Crippen LogP contribution in [-0.4, -0.2) is 9.97 Å². The van der Waals surface area contributed by atoms with Crippen LogP contribution in [0.1, 0.15) is 0 Å². The molecule has 3 rings (SSSR count). The van der Waals surface area contributed by atoms with Gasteiger partial charge in [-0.2, -0.15) is 4.98 Å². The standard InChI is InChI=1S/C14H11N3O/c15-13-4-1-5-14(17-13)18-11-6-7-12-10(9-11)3-2-8-16-12/h1-9H,(H2,15,17). The highest BCUT2D eigenvalue weighted by molar-refractivity contribution is 5.79. The van der Waals surface area contributed by atoms with Crippen molar-refractivity contribution in [3.8, 4) is 11.6 Å². The molecule has 0 aliphatic heterocycles. The molecule has 0 atom stereocenters. The number of pyridine rings is 2. The highest BCUT2D eigenvalue weighted by Crippen LogP contribution is 2.23. The molecule has 2 heterocycles. The van der Waals surface area contributed by atoms with Crippen molar-refractivity contribution in [2.75, 3.05) is 5.73 Å². The van der Waals surface area contributed by atoms with Crippen LogP contribution < -0.4 is 10.5 Å². The molecule has 2 aromatic heterocycles. The van der Waals surface area contributed by atoms with Crippen molar-refractivity contribution in [3.63, 3.8) is 0 Å². The van der Waals surface area contributed by atoms with Gasteiger partial charge < -0.3 is 10.5 Å². The van der Waals surface area contributed by atoms with Crippen molar-refractivity contribution in [1.82, 2.24) is 9.97 Å². The van der Waals surface area contributed by atoms with Crippen LogP contribution in [-0.2, 0) is 0 Å². The minimum absolute atomic E-state index is 0.440. The van der Waals surface area contributed by atoms with E-state index < -0.39 is 0 Å². The molecular formula is C14H11N3O. The maximum Gasteiger partial charge on any atom is 0.221 e. The molecule has 0 radical (unpaired) electrons. The third-order valence-electron chi connectivity index (χ3n) is 2.54. The van der Waals surface area contributed by atoms with Crippen LogP contribution in [0.2, 0.25) is 0 Å². The first kappa shape index (κ1) is 10.5. The molecule has 0 saturated carbocycles. The fraction of sp³-hybridized carbons (Fsp3) is 0. The Labute approximate surface area is 104 Å². The van der Waals surface area contributed by atoms with E-state index in [0.717, 1.165) is 10.9 Å². The van der Waals surface area contributed by atoms with Gasteiger partial charge in [0.2, 0.25) is 5.88 Å². The molecule has 0 saturated heterocycles. The highest BCUT2D eigenvalue weighted by atomic mass is 16.5. The molecule has 4 nitrogen and oxygen atoms in total. The van der Waals surface area contributed by atoms with Crippen LogP contribution in [0.25, 0.3) is 10.9 Å². The Morgan fingerprint density at radius 2 is 1.94 bits per heavy atom. The molecular weight excluding hydrogens is 226 g/mol. The molecule has 0 bridgehead atoms. The van der Waals surface area contributed by atoms with E-state index >= 15 is 0 Å². The van der Waals surface area contributed by atoms with E-state index in [1.54, 1.807) is 24.4 Å². The molecule has 2 N–H and O–H groups in total. The molecule has 0 aliphatic carbocycles. The minimum Gasteiger partial charge on any atom is -0.439 e. The van der Waals surface area contributed by atoms with Crippen molar-refractivity contribution in [3.05, 3.63) is 54.7 Å². The number of hydrogen-bond acceptors (Lipinski definition) is 4. The number of nitrogen functional groups attached to an aromatic ring is 1. The summed E-state index contributed by atoms with van der Waals surface area (Å²) in [6, 6.07) is 14.9. The van der Waals surface area contributed by atoms with Gasteiger partial charge in [-0.1, -0.05) is 12.1 Å². The molecule has 3 aromatic rings. The molecule has 0 fully saturated rings. The second-order valence-corrected chi connectivity index (χ2v) is 3.86. The summed E-state index contributed by atoms with van der Waals surface area (Å²) in [5.74, 6) is 1.64. The van der Waals surface area contributed by atoms with E-state index in [9.17, 15) is 0 Å². The smallest absolute Gasteiger partial charge is 0.221 e. The van der Waals surface area contributed by atoms with Gasteiger partial charge in [0.25, 0.3) is 0 Å². The van der Waals surface area contributed by atoms with Crippen molar-refractivity contribution in [2.45, 2.75) is 0 Å². The zero-order valence-electron chi connectivity index (χ0n) is 9.58. The summed E-state index contributed by atoms with van der Waals surface area (Å²) in [6.07, 6.45) is 1.77. The second-order valence-electron chi connectivity index (χ2n) is 3.86. The number of benzene rings is 1. The van der Waals surface area contributed by atoms with Crippen LogP contribution in [0, 0.1) is 0 Å². The van der Waals surface area contributed by atoms with E-state index in [2.05, 4.69) is 9.97 Å². The summed E-state index contributed by atoms with van der Waals surface area (Å²) < 4.78 is 5.65. The van der Waals surface area contributed by atoms with E-state index in [-0.39, 0.29) is 0 Å². The van der Waals surface area contributed by atoms with Gasteiger partial charge in [0.15, 0.2) is 0 Å². The third-order valence-corrected chi connectivity index (χ3v) is 2.54. The van der Waals surface area contributed by atoms with Gasteiger partial charge in [0.1, 0.15) is 11.6 Å². The first-order chi connectivity index (χ1) is 8.81. The van der Waals surface area contributed by atoms with Crippen molar-refractivity contribution in [2.24, 2.45) is 0 Å². The lowest BCUT2D eigenvalue weighted by atomic mass is 10.2. The first-order valence-electron chi connectivity index (χ1n) is 5.56. The molecule has 88 valence electrons. The Morgan fingerprint density at radius 3 is 2.83 bits per heavy atom. The zero-order chi connectivity index (χ0) is 12.4. The highest BCUT2D eigenvalue weighted by Gasteiger charge is 2.01. The summed E-state index contributed by atoms with van der Waals surface area (Å²) in [4.78, 5) is 8.34. The monoisotopic (exact) mass is 237 g/mol. The van der Waals surface area contributed by atoms with E-state index in [0.29, 0.717) is 17.4 Å². The number of aromatic nitrogens is 2. The number of anilines is 1. The van der Waals surface area contributed by atoms with E-state index in [4.69, 9.17) is 10.5 Å². The maximum absolute atomic E-state index is 5.65. The normalized spacial score (nSPS) is 10.4. The van der Waals surface area contributed by atoms with Gasteiger partial charge in [0.05, 0.1) is 5.52 Å². The molecule has 18 heavy (non-hydrogen) atoms. The predicted molar refractivity (Wildman–Crippen MR) is 70.5 cm³/mol. The lowest BCUT2D eigenvalue weighted by molar-refractivity contribution is 0.464. The first-order valence-corrected chi connectivity index (χ1v) is 5.56. The molecule has 0 amide bonds. The lowest BCUT2D eigenvalue weighted by Gasteiger charge is -2.05. The van der Waals surface area contributed by atoms with E-state index in [1.165, 1.54) is 0 Å². The molecule has 1 aromatic carbocycles. The Morgan fingerprint density at radius 1 is 1.00 bits per heavy atom. The van der Waals surface area contributed by atoms with Crippen LogP contribution in [0.5, 0.6) is 11.6 Å². The van der Waals surface area contributed by atoms with Crippen LogP contribution in [0.3, 0.4) is 0 Å². The van der Waals surface area contributed by atoms with Gasteiger partial charge in [-0.15, -0.1) is 0 Å². The Bertz CT molecular complexity index is 697. The van der Waals surface area contributed by atoms with Gasteiger partial charge in [0, 0.05) is 17.6 Å². The molecule has 0 unspecified atom stereocenters. The summed E-state index contributed by atoms with van der Waals surface area (Å²) in [7, 11) is 0. The number of ether oxygens (including phenoxy) is 1. The van der Waals surface area contributed by atoms with Crippen LogP contribution >= 0.6 is 0 Å². The fourth-order valence-corrected chi connectivity index (χ4v) is 1.73. The van der Waals surface area contributed by atoms with Gasteiger partial charge in [-0.25, -0.2) is 0 Å². The molecule has 0 aliphatic rings. The Hall–Kier alpha value is -2.62. The minimum atomic E-state index is 0.440. The second kappa shape index (κ2) is 4.33. The molecule has 4 heteroatoms. The van der Waals surface area contributed by atoms with Gasteiger partial charge >= 0.3 is 0 Å². The number of nitrogens with zero attached hydrogens (tertiary/aromatic N) is 2. The van der Waals surface area contributed by atoms with Crippen LogP contribution in [0.4, 0.5) is 5.82 Å². The van der Waals surface area contributed by atoms with Crippen molar-refractivity contribution >= 4 is 16.7 Å². The maximum atomic E-state index is 5.65. The summed E-state index contributed by atoms with van der Waals surface area (Å²) in [5.41, 5.74) is 6.54. The van der Waals surface area contributed by atoms with Gasteiger partial charge in [-0.3, -0.25) is 4.98 Å². The molecule has 0 spiro atoms. The van der Waals surface area contributed by atoms with Gasteiger partial charge in [-0.05, 0) is 30.3 Å². The summed E-state index contributed by atoms with van der Waals surface area (Å²) in [6.45, 7) is 0. The number of rotatable bonds is 2. The topological polar surface area (TPSA) is 61.0 Å². The SMILES string of the molecule is Nc1cccc(Oc2ccc3ncccc3c2)n1. The third kappa shape index (κ3) is 2.08. The van der Waals surface area contributed by atoms with Crippen molar-refractivity contribution in [1.29, 1.82) is 0 Å². The quantitative estimate of drug-likeness (QED) is 0.744. The Kier molecular flexibility index (Phi) is 2.53. The van der Waals surface area contributed by atoms with E-state index in [1.807, 2.05) is 30.3 Å².